The molecule has 0 aliphatic carbocycles. The van der Waals surface area contributed by atoms with Crippen molar-refractivity contribution in [3.63, 3.8) is 0 Å². The summed E-state index contributed by atoms with van der Waals surface area (Å²) in [5.41, 5.74) is 1.07. The molecule has 0 heterocycles. The molecule has 20 heavy (non-hydrogen) atoms. The molecule has 3 nitrogen and oxygen atoms in total. The summed E-state index contributed by atoms with van der Waals surface area (Å²) in [5, 5.41) is 0. The van der Waals surface area contributed by atoms with Crippen molar-refractivity contribution in [2.24, 2.45) is 0 Å². The zero-order valence-electron chi connectivity index (χ0n) is 11.3. The van der Waals surface area contributed by atoms with Crippen molar-refractivity contribution in [2.75, 3.05) is 20.3 Å². The van der Waals surface area contributed by atoms with Crippen LogP contribution in [0.1, 0.15) is 5.56 Å². The SMILES string of the molecule is COc1ccccc1OCCOc1ccc(CCl)cc1. The number of alkyl halides is 1. The largest absolute Gasteiger partial charge is 0.493 e. The van der Waals surface area contributed by atoms with Crippen molar-refractivity contribution in [3.05, 3.63) is 54.1 Å². The van der Waals surface area contributed by atoms with E-state index in [1.807, 2.05) is 48.5 Å². The maximum Gasteiger partial charge on any atom is 0.161 e. The molecular formula is C16H17ClO3. The highest BCUT2D eigenvalue weighted by molar-refractivity contribution is 6.17. The van der Waals surface area contributed by atoms with Crippen LogP contribution in [0.15, 0.2) is 48.5 Å². The summed E-state index contributed by atoms with van der Waals surface area (Å²) < 4.78 is 16.4. The predicted octanol–water partition coefficient (Wildman–Crippen LogP) is 3.89. The summed E-state index contributed by atoms with van der Waals surface area (Å²) in [5.74, 6) is 2.76. The van der Waals surface area contributed by atoms with Crippen molar-refractivity contribution >= 4 is 11.6 Å². The Bertz CT molecular complexity index is 526. The number of ether oxygens (including phenoxy) is 3. The van der Waals surface area contributed by atoms with E-state index in [9.17, 15) is 0 Å². The number of benzene rings is 2. The topological polar surface area (TPSA) is 27.7 Å². The third kappa shape index (κ3) is 4.07. The smallest absolute Gasteiger partial charge is 0.161 e. The van der Waals surface area contributed by atoms with E-state index in [0.717, 1.165) is 22.8 Å². The highest BCUT2D eigenvalue weighted by atomic mass is 35.5. The molecule has 0 radical (unpaired) electrons. The van der Waals surface area contributed by atoms with Gasteiger partial charge in [0, 0.05) is 5.88 Å². The summed E-state index contributed by atoms with van der Waals surface area (Å²) >= 11 is 5.73. The fourth-order valence-corrected chi connectivity index (χ4v) is 1.90. The van der Waals surface area contributed by atoms with Crippen molar-refractivity contribution in [2.45, 2.75) is 5.88 Å². The molecule has 0 saturated heterocycles. The highest BCUT2D eigenvalue weighted by Crippen LogP contribution is 2.25. The zero-order chi connectivity index (χ0) is 14.2. The van der Waals surface area contributed by atoms with E-state index in [1.165, 1.54) is 0 Å². The van der Waals surface area contributed by atoms with Crippen LogP contribution in [0.5, 0.6) is 17.2 Å². The number of para-hydroxylation sites is 2. The van der Waals surface area contributed by atoms with E-state index in [1.54, 1.807) is 7.11 Å². The van der Waals surface area contributed by atoms with Gasteiger partial charge in [-0.25, -0.2) is 0 Å². The fourth-order valence-electron chi connectivity index (χ4n) is 1.72. The molecule has 0 bridgehead atoms. The van der Waals surface area contributed by atoms with Crippen molar-refractivity contribution in [1.82, 2.24) is 0 Å². The molecule has 0 aliphatic heterocycles. The van der Waals surface area contributed by atoms with E-state index in [2.05, 4.69) is 0 Å². The van der Waals surface area contributed by atoms with Gasteiger partial charge in [0.2, 0.25) is 0 Å². The molecule has 0 fully saturated rings. The maximum absolute atomic E-state index is 5.73. The second kappa shape index (κ2) is 7.65. The van der Waals surface area contributed by atoms with E-state index < -0.39 is 0 Å². The van der Waals surface area contributed by atoms with Gasteiger partial charge in [-0.1, -0.05) is 24.3 Å². The van der Waals surface area contributed by atoms with Crippen LogP contribution < -0.4 is 14.2 Å². The second-order valence-corrected chi connectivity index (χ2v) is 4.39. The van der Waals surface area contributed by atoms with Crippen LogP contribution in [-0.2, 0) is 5.88 Å². The minimum absolute atomic E-state index is 0.456. The van der Waals surface area contributed by atoms with E-state index in [0.29, 0.717) is 19.1 Å². The van der Waals surface area contributed by atoms with E-state index in [-0.39, 0.29) is 0 Å². The quantitative estimate of drug-likeness (QED) is 0.572. The van der Waals surface area contributed by atoms with Crippen LogP contribution in [0.4, 0.5) is 0 Å². The van der Waals surface area contributed by atoms with E-state index >= 15 is 0 Å². The third-order valence-corrected chi connectivity index (χ3v) is 3.06. The van der Waals surface area contributed by atoms with Gasteiger partial charge < -0.3 is 14.2 Å². The Morgan fingerprint density at radius 1 is 0.850 bits per heavy atom. The average molecular weight is 293 g/mol. The number of hydrogen-bond acceptors (Lipinski definition) is 3. The number of hydrogen-bond donors (Lipinski definition) is 0. The van der Waals surface area contributed by atoms with Crippen LogP contribution in [0.2, 0.25) is 0 Å². The normalized spacial score (nSPS) is 10.1. The average Bonchev–Trinajstić information content (AvgIpc) is 2.52. The first-order chi connectivity index (χ1) is 9.83. The Hall–Kier alpha value is -1.87. The van der Waals surface area contributed by atoms with Crippen molar-refractivity contribution in [1.29, 1.82) is 0 Å². The Kier molecular flexibility index (Phi) is 5.56. The lowest BCUT2D eigenvalue weighted by Crippen LogP contribution is -2.09. The second-order valence-electron chi connectivity index (χ2n) is 4.13. The molecule has 4 heteroatoms. The third-order valence-electron chi connectivity index (χ3n) is 2.76. The minimum atomic E-state index is 0.456. The minimum Gasteiger partial charge on any atom is -0.493 e. The molecule has 2 aromatic carbocycles. The molecule has 0 aliphatic rings. The van der Waals surface area contributed by atoms with Crippen LogP contribution in [0.3, 0.4) is 0 Å². The van der Waals surface area contributed by atoms with Crippen LogP contribution in [0, 0.1) is 0 Å². The Labute approximate surface area is 124 Å². The fraction of sp³-hybridized carbons (Fsp3) is 0.250. The Balaban J connectivity index is 1.78. The van der Waals surface area contributed by atoms with Crippen LogP contribution in [-0.4, -0.2) is 20.3 Å². The summed E-state index contributed by atoms with van der Waals surface area (Å²) in [6.07, 6.45) is 0. The van der Waals surface area contributed by atoms with Gasteiger partial charge in [0.25, 0.3) is 0 Å². The monoisotopic (exact) mass is 292 g/mol. The summed E-state index contributed by atoms with van der Waals surface area (Å²) in [6.45, 7) is 0.926. The predicted molar refractivity (Wildman–Crippen MR) is 80.0 cm³/mol. The molecule has 2 rings (SSSR count). The van der Waals surface area contributed by atoms with Gasteiger partial charge in [0.05, 0.1) is 7.11 Å². The van der Waals surface area contributed by atoms with Gasteiger partial charge in [-0.2, -0.15) is 0 Å². The van der Waals surface area contributed by atoms with Crippen molar-refractivity contribution < 1.29 is 14.2 Å². The first-order valence-electron chi connectivity index (χ1n) is 6.37. The standard InChI is InChI=1S/C16H17ClO3/c1-18-15-4-2-3-5-16(15)20-11-10-19-14-8-6-13(12-17)7-9-14/h2-9H,10-12H2,1H3. The summed E-state index contributed by atoms with van der Waals surface area (Å²) in [6, 6.07) is 15.2. The van der Waals surface area contributed by atoms with Crippen LogP contribution in [0.25, 0.3) is 0 Å². The summed E-state index contributed by atoms with van der Waals surface area (Å²) in [7, 11) is 1.62. The zero-order valence-corrected chi connectivity index (χ0v) is 12.1. The number of rotatable bonds is 7. The number of methoxy groups -OCH3 is 1. The Morgan fingerprint density at radius 3 is 2.15 bits per heavy atom. The molecule has 0 aromatic heterocycles. The summed E-state index contributed by atoms with van der Waals surface area (Å²) in [4.78, 5) is 0. The van der Waals surface area contributed by atoms with Gasteiger partial charge in [-0.3, -0.25) is 0 Å². The first kappa shape index (κ1) is 14.5. The van der Waals surface area contributed by atoms with Gasteiger partial charge in [0.15, 0.2) is 11.5 Å². The lowest BCUT2D eigenvalue weighted by molar-refractivity contribution is 0.211. The molecule has 0 saturated carbocycles. The van der Waals surface area contributed by atoms with Gasteiger partial charge in [-0.05, 0) is 29.8 Å². The van der Waals surface area contributed by atoms with Crippen molar-refractivity contribution in [3.8, 4) is 17.2 Å². The van der Waals surface area contributed by atoms with Crippen LogP contribution >= 0.6 is 11.6 Å². The maximum atomic E-state index is 5.73. The molecule has 0 atom stereocenters. The molecule has 0 spiro atoms. The number of halogens is 1. The molecular weight excluding hydrogens is 276 g/mol. The molecule has 0 N–H and O–H groups in total. The lowest BCUT2D eigenvalue weighted by atomic mass is 10.2. The Morgan fingerprint density at radius 2 is 1.50 bits per heavy atom. The lowest BCUT2D eigenvalue weighted by Gasteiger charge is -2.11. The molecule has 0 unspecified atom stereocenters. The van der Waals surface area contributed by atoms with Gasteiger partial charge >= 0.3 is 0 Å². The molecule has 106 valence electrons. The van der Waals surface area contributed by atoms with E-state index in [4.69, 9.17) is 25.8 Å². The van der Waals surface area contributed by atoms with Gasteiger partial charge in [0.1, 0.15) is 19.0 Å². The first-order valence-corrected chi connectivity index (χ1v) is 6.90. The highest BCUT2D eigenvalue weighted by Gasteiger charge is 2.02. The molecule has 0 amide bonds. The van der Waals surface area contributed by atoms with Gasteiger partial charge in [-0.15, -0.1) is 11.6 Å². The molecule has 2 aromatic rings.